The molecule has 4 heterocycles. The van der Waals surface area contributed by atoms with Crippen molar-refractivity contribution < 1.29 is 43.5 Å². The molecule has 11 nitrogen and oxygen atoms in total. The third-order valence-electron chi connectivity index (χ3n) is 9.91. The predicted molar refractivity (Wildman–Crippen MR) is 158 cm³/mol. The maximum absolute atomic E-state index is 13.0. The molecule has 1 aromatic carbocycles. The van der Waals surface area contributed by atoms with Crippen molar-refractivity contribution in [3.05, 3.63) is 29.8 Å². The first-order valence-electron chi connectivity index (χ1n) is 16.1. The number of ether oxygens (including phenoxy) is 3. The van der Waals surface area contributed by atoms with Gasteiger partial charge in [0.2, 0.25) is 23.9 Å². The lowest BCUT2D eigenvalue weighted by Crippen LogP contribution is -2.70. The minimum absolute atomic E-state index is 0.0237. The Bertz CT molecular complexity index is 1190. The molecule has 1 aliphatic carbocycles. The average molecular weight is 617 g/mol. The lowest BCUT2D eigenvalue weighted by atomic mass is 9.58. The van der Waals surface area contributed by atoms with Crippen LogP contribution in [0.2, 0.25) is 0 Å². The van der Waals surface area contributed by atoms with Crippen LogP contribution >= 0.6 is 0 Å². The van der Waals surface area contributed by atoms with E-state index in [4.69, 9.17) is 24.0 Å². The van der Waals surface area contributed by atoms with Crippen molar-refractivity contribution >= 4 is 17.8 Å². The van der Waals surface area contributed by atoms with Crippen LogP contribution in [-0.2, 0) is 44.8 Å². The second kappa shape index (κ2) is 13.3. The molecule has 4 aliphatic heterocycles. The summed E-state index contributed by atoms with van der Waals surface area (Å²) < 4.78 is 18.4. The molecule has 6 rings (SSSR count). The fourth-order valence-electron chi connectivity index (χ4n) is 7.50. The van der Waals surface area contributed by atoms with Gasteiger partial charge in [-0.05, 0) is 74.5 Å². The number of phenols is 1. The first kappa shape index (κ1) is 32.7. The quantitative estimate of drug-likeness (QED) is 0.247. The smallest absolute Gasteiger partial charge is 0.308 e. The second-order valence-corrected chi connectivity index (χ2v) is 13.7. The molecule has 0 aromatic heterocycles. The van der Waals surface area contributed by atoms with E-state index in [1.54, 1.807) is 24.3 Å². The van der Waals surface area contributed by atoms with Crippen LogP contribution in [0.5, 0.6) is 5.75 Å². The van der Waals surface area contributed by atoms with Crippen LogP contribution in [0, 0.1) is 29.6 Å². The number of benzene rings is 1. The predicted octanol–water partition coefficient (Wildman–Crippen LogP) is 4.11. The molecule has 1 aromatic rings. The van der Waals surface area contributed by atoms with Gasteiger partial charge in [-0.25, -0.2) is 9.78 Å². The monoisotopic (exact) mass is 616 g/mol. The lowest BCUT2D eigenvalue weighted by molar-refractivity contribution is -0.576. The van der Waals surface area contributed by atoms with Gasteiger partial charge in [-0.3, -0.25) is 14.4 Å². The van der Waals surface area contributed by atoms with Crippen LogP contribution in [0.1, 0.15) is 85.1 Å². The van der Waals surface area contributed by atoms with Crippen LogP contribution < -0.4 is 10.6 Å². The molecule has 0 unspecified atom stereocenters. The molecule has 11 heteroatoms. The Kier molecular flexibility index (Phi) is 9.89. The zero-order valence-corrected chi connectivity index (χ0v) is 26.5. The van der Waals surface area contributed by atoms with Gasteiger partial charge >= 0.3 is 5.97 Å². The minimum atomic E-state index is -0.922. The second-order valence-electron chi connectivity index (χ2n) is 13.7. The molecule has 2 amide bonds. The van der Waals surface area contributed by atoms with Gasteiger partial charge in [0.15, 0.2) is 11.9 Å². The molecule has 0 radical (unpaired) electrons. The van der Waals surface area contributed by atoms with Gasteiger partial charge in [-0.15, -0.1) is 0 Å². The lowest BCUT2D eigenvalue weighted by Gasteiger charge is -2.59. The Morgan fingerprint density at radius 1 is 1.05 bits per heavy atom. The summed E-state index contributed by atoms with van der Waals surface area (Å²) in [6.45, 7) is 10.4. The standard InChI is InChI=1S/C33H48N2O9/c1-19(2)18-26(29(39)34-17-15-22-7-9-23(36)10-8-22)35-27(37)12-13-28(38)40-30-21(4)25-11-6-20(3)24-14-16-32(5)42-31(41-30)33(24,25)44-43-32/h7-10,19-21,24-26,30-31,36H,6,11-18H2,1-5H3,(H,34,39)(H,35,37)/t20-,21-,24+,25+,26+,30-,31-,32-,33-/m1/s1. The van der Waals surface area contributed by atoms with Crippen molar-refractivity contribution in [2.24, 2.45) is 29.6 Å². The van der Waals surface area contributed by atoms with Crippen molar-refractivity contribution in [1.29, 1.82) is 0 Å². The van der Waals surface area contributed by atoms with E-state index in [0.29, 0.717) is 31.7 Å². The normalized spacial score (nSPS) is 34.9. The van der Waals surface area contributed by atoms with E-state index < -0.39 is 41.9 Å². The fourth-order valence-corrected chi connectivity index (χ4v) is 7.50. The van der Waals surface area contributed by atoms with E-state index in [2.05, 4.69) is 17.6 Å². The molecule has 3 N–H and O–H groups in total. The van der Waals surface area contributed by atoms with E-state index in [9.17, 15) is 19.5 Å². The van der Waals surface area contributed by atoms with E-state index >= 15 is 0 Å². The van der Waals surface area contributed by atoms with E-state index in [1.165, 1.54) is 0 Å². The van der Waals surface area contributed by atoms with Crippen molar-refractivity contribution in [2.75, 3.05) is 6.54 Å². The van der Waals surface area contributed by atoms with Gasteiger partial charge in [0.25, 0.3) is 0 Å². The van der Waals surface area contributed by atoms with E-state index in [0.717, 1.165) is 24.8 Å². The third-order valence-corrected chi connectivity index (χ3v) is 9.91. The zero-order valence-electron chi connectivity index (χ0n) is 26.5. The molecule has 2 bridgehead atoms. The van der Waals surface area contributed by atoms with Crippen molar-refractivity contribution in [2.45, 2.75) is 116 Å². The topological polar surface area (TPSA) is 142 Å². The molecule has 44 heavy (non-hydrogen) atoms. The Labute approximate surface area is 259 Å². The first-order valence-corrected chi connectivity index (χ1v) is 16.1. The Hall–Kier alpha value is -2.73. The molecule has 244 valence electrons. The summed E-state index contributed by atoms with van der Waals surface area (Å²) in [6.07, 6.45) is 2.77. The molecule has 5 aliphatic rings. The number of aromatic hydroxyl groups is 1. The third kappa shape index (κ3) is 6.90. The van der Waals surface area contributed by atoms with Crippen LogP contribution in [0.15, 0.2) is 24.3 Å². The number of amides is 2. The number of hydrogen-bond acceptors (Lipinski definition) is 9. The van der Waals surface area contributed by atoms with Gasteiger partial charge < -0.3 is 30.0 Å². The number of nitrogens with one attached hydrogen (secondary N) is 2. The van der Waals surface area contributed by atoms with Gasteiger partial charge in [-0.1, -0.05) is 39.8 Å². The van der Waals surface area contributed by atoms with Crippen LogP contribution in [0.3, 0.4) is 0 Å². The van der Waals surface area contributed by atoms with Gasteiger partial charge in [0, 0.05) is 31.2 Å². The number of carbonyl (C=O) groups excluding carboxylic acids is 3. The average Bonchev–Trinajstić information content (AvgIpc) is 3.20. The molecule has 1 spiro atoms. The Morgan fingerprint density at radius 3 is 2.52 bits per heavy atom. The largest absolute Gasteiger partial charge is 0.508 e. The van der Waals surface area contributed by atoms with E-state index in [-0.39, 0.29) is 48.2 Å². The maximum Gasteiger partial charge on any atom is 0.308 e. The highest BCUT2D eigenvalue weighted by atomic mass is 17.3. The SMILES string of the molecule is CC(C)C[C@H](NC(=O)CCC(=O)O[C@@H]1O[C@@H]2O[C@@]3(C)CC[C@H]4[C@H](C)CC[C@@H]([C@H]1C)[C@@]24OO3)C(=O)NCCc1ccc(O)cc1. The molecule has 5 fully saturated rings. The first-order chi connectivity index (χ1) is 20.9. The zero-order chi connectivity index (χ0) is 31.6. The number of fused-ring (bicyclic) bond motifs is 2. The van der Waals surface area contributed by atoms with Crippen LogP contribution in [0.4, 0.5) is 0 Å². The van der Waals surface area contributed by atoms with Crippen molar-refractivity contribution in [3.8, 4) is 5.75 Å². The molecule has 9 atom stereocenters. The number of rotatable bonds is 11. The fraction of sp³-hybridized carbons (Fsp3) is 0.727. The van der Waals surface area contributed by atoms with Crippen LogP contribution in [0.25, 0.3) is 0 Å². The minimum Gasteiger partial charge on any atom is -0.508 e. The number of hydrogen-bond donors (Lipinski definition) is 3. The summed E-state index contributed by atoms with van der Waals surface area (Å²) in [5.74, 6) is -1.28. The highest BCUT2D eigenvalue weighted by molar-refractivity contribution is 5.88. The van der Waals surface area contributed by atoms with E-state index in [1.807, 2.05) is 27.7 Å². The maximum atomic E-state index is 13.0. The number of carbonyl (C=O) groups is 3. The summed E-state index contributed by atoms with van der Waals surface area (Å²) in [6, 6.07) is 6.09. The molecular formula is C33H48N2O9. The summed E-state index contributed by atoms with van der Waals surface area (Å²) in [5, 5.41) is 15.1. The molecular weight excluding hydrogens is 568 g/mol. The highest BCUT2D eigenvalue weighted by Gasteiger charge is 2.69. The van der Waals surface area contributed by atoms with Gasteiger partial charge in [0.1, 0.15) is 11.8 Å². The molecule has 1 saturated carbocycles. The van der Waals surface area contributed by atoms with Crippen LogP contribution in [-0.4, -0.2) is 59.4 Å². The van der Waals surface area contributed by atoms with Crippen molar-refractivity contribution in [3.63, 3.8) is 0 Å². The Balaban J connectivity index is 1.13. The van der Waals surface area contributed by atoms with Gasteiger partial charge in [-0.2, -0.15) is 0 Å². The summed E-state index contributed by atoms with van der Waals surface area (Å²) in [5.41, 5.74) is 0.231. The Morgan fingerprint density at radius 2 is 1.80 bits per heavy atom. The number of esters is 1. The summed E-state index contributed by atoms with van der Waals surface area (Å²) in [4.78, 5) is 50.7. The summed E-state index contributed by atoms with van der Waals surface area (Å²) in [7, 11) is 0. The highest BCUT2D eigenvalue weighted by Crippen LogP contribution is 2.60. The molecule has 4 saturated heterocycles. The number of phenolic OH excluding ortho intramolecular Hbond substituents is 1. The summed E-state index contributed by atoms with van der Waals surface area (Å²) >= 11 is 0. The van der Waals surface area contributed by atoms with Gasteiger partial charge in [0.05, 0.1) is 6.42 Å². The van der Waals surface area contributed by atoms with Crippen molar-refractivity contribution in [1.82, 2.24) is 10.6 Å².